The summed E-state index contributed by atoms with van der Waals surface area (Å²) in [6.07, 6.45) is 1.74. The van der Waals surface area contributed by atoms with Crippen LogP contribution in [-0.2, 0) is 10.0 Å². The van der Waals surface area contributed by atoms with Gasteiger partial charge >= 0.3 is 0 Å². The predicted molar refractivity (Wildman–Crippen MR) is 81.2 cm³/mol. The third-order valence-electron chi connectivity index (χ3n) is 4.01. The molecule has 1 saturated heterocycles. The fraction of sp³-hybridized carbons (Fsp3) is 0.600. The van der Waals surface area contributed by atoms with Gasteiger partial charge in [0.1, 0.15) is 5.82 Å². The van der Waals surface area contributed by atoms with Crippen LogP contribution in [0.25, 0.3) is 0 Å². The number of nitrogens with zero attached hydrogens (tertiary/aromatic N) is 1. The van der Waals surface area contributed by atoms with E-state index in [1.165, 1.54) is 22.5 Å². The standard InChI is InChI=1S/C15H23FN2O2S/c1-3-17-11-13-6-8-18(9-7-13)21(19,20)15-5-4-14(16)10-12(15)2/h4-5,10,13,17H,3,6-9,11H2,1-2H3. The number of nitrogens with one attached hydrogen (secondary N) is 1. The van der Waals surface area contributed by atoms with E-state index in [0.717, 1.165) is 25.9 Å². The maximum absolute atomic E-state index is 13.1. The molecule has 1 fully saturated rings. The molecule has 1 aliphatic rings. The van der Waals surface area contributed by atoms with Gasteiger partial charge in [-0.1, -0.05) is 6.92 Å². The minimum Gasteiger partial charge on any atom is -0.317 e. The molecule has 0 amide bonds. The van der Waals surface area contributed by atoms with Crippen molar-refractivity contribution in [2.75, 3.05) is 26.2 Å². The van der Waals surface area contributed by atoms with Gasteiger partial charge in [0.05, 0.1) is 4.90 Å². The second-order valence-electron chi connectivity index (χ2n) is 5.56. The minimum absolute atomic E-state index is 0.217. The molecule has 1 aromatic carbocycles. The maximum atomic E-state index is 13.1. The average Bonchev–Trinajstić information content (AvgIpc) is 2.45. The SMILES string of the molecule is CCNCC1CCN(S(=O)(=O)c2ccc(F)cc2C)CC1. The molecule has 1 N–H and O–H groups in total. The summed E-state index contributed by atoms with van der Waals surface area (Å²) in [6.45, 7) is 6.66. The molecule has 0 saturated carbocycles. The van der Waals surface area contributed by atoms with Crippen molar-refractivity contribution in [1.82, 2.24) is 9.62 Å². The highest BCUT2D eigenvalue weighted by molar-refractivity contribution is 7.89. The highest BCUT2D eigenvalue weighted by atomic mass is 32.2. The molecule has 21 heavy (non-hydrogen) atoms. The van der Waals surface area contributed by atoms with Gasteiger partial charge in [-0.25, -0.2) is 12.8 Å². The summed E-state index contributed by atoms with van der Waals surface area (Å²) in [5, 5.41) is 3.31. The number of piperidine rings is 1. The molecule has 0 aliphatic carbocycles. The zero-order valence-electron chi connectivity index (χ0n) is 12.6. The number of benzene rings is 1. The summed E-state index contributed by atoms with van der Waals surface area (Å²) in [4.78, 5) is 0.217. The van der Waals surface area contributed by atoms with Gasteiger partial charge in [0.15, 0.2) is 0 Å². The largest absolute Gasteiger partial charge is 0.317 e. The molecule has 0 unspecified atom stereocenters. The van der Waals surface area contributed by atoms with E-state index in [2.05, 4.69) is 12.2 Å². The first-order valence-electron chi connectivity index (χ1n) is 7.42. The lowest BCUT2D eigenvalue weighted by atomic mass is 9.98. The van der Waals surface area contributed by atoms with E-state index in [9.17, 15) is 12.8 Å². The van der Waals surface area contributed by atoms with Crippen molar-refractivity contribution in [3.8, 4) is 0 Å². The van der Waals surface area contributed by atoms with Crippen LogP contribution >= 0.6 is 0 Å². The fourth-order valence-electron chi connectivity index (χ4n) is 2.74. The molecule has 0 bridgehead atoms. The molecular formula is C15H23FN2O2S. The monoisotopic (exact) mass is 314 g/mol. The minimum atomic E-state index is -3.51. The van der Waals surface area contributed by atoms with Crippen molar-refractivity contribution in [1.29, 1.82) is 0 Å². The van der Waals surface area contributed by atoms with Gasteiger partial charge in [-0.15, -0.1) is 0 Å². The van der Waals surface area contributed by atoms with Crippen molar-refractivity contribution in [3.05, 3.63) is 29.6 Å². The quantitative estimate of drug-likeness (QED) is 0.906. The highest BCUT2D eigenvalue weighted by Gasteiger charge is 2.30. The first-order valence-corrected chi connectivity index (χ1v) is 8.86. The smallest absolute Gasteiger partial charge is 0.243 e. The van der Waals surface area contributed by atoms with E-state index < -0.39 is 15.8 Å². The number of halogens is 1. The number of hydrogen-bond acceptors (Lipinski definition) is 3. The Bertz CT molecular complexity index is 581. The first-order chi connectivity index (χ1) is 9.95. The van der Waals surface area contributed by atoms with Crippen LogP contribution in [0.3, 0.4) is 0 Å². The number of sulfonamides is 1. The summed E-state index contributed by atoms with van der Waals surface area (Å²) in [5.41, 5.74) is 0.463. The van der Waals surface area contributed by atoms with Crippen molar-refractivity contribution < 1.29 is 12.8 Å². The second kappa shape index (κ2) is 6.85. The van der Waals surface area contributed by atoms with Crippen LogP contribution in [0.1, 0.15) is 25.3 Å². The van der Waals surface area contributed by atoms with Gasteiger partial charge in [0.25, 0.3) is 0 Å². The van der Waals surface area contributed by atoms with E-state index in [1.807, 2.05) is 0 Å². The molecule has 1 aliphatic heterocycles. The lowest BCUT2D eigenvalue weighted by Crippen LogP contribution is -2.40. The summed E-state index contributed by atoms with van der Waals surface area (Å²) in [6, 6.07) is 3.84. The Morgan fingerprint density at radius 2 is 2.00 bits per heavy atom. The van der Waals surface area contributed by atoms with E-state index in [0.29, 0.717) is 24.6 Å². The molecule has 6 heteroatoms. The fourth-order valence-corrected chi connectivity index (χ4v) is 4.42. The van der Waals surface area contributed by atoms with Crippen molar-refractivity contribution >= 4 is 10.0 Å². The number of hydrogen-bond donors (Lipinski definition) is 1. The zero-order valence-corrected chi connectivity index (χ0v) is 13.4. The number of rotatable bonds is 5. The molecule has 0 radical (unpaired) electrons. The normalized spacial score (nSPS) is 18.0. The Balaban J connectivity index is 2.08. The second-order valence-corrected chi connectivity index (χ2v) is 7.47. The first kappa shape index (κ1) is 16.4. The Morgan fingerprint density at radius 3 is 2.57 bits per heavy atom. The topological polar surface area (TPSA) is 49.4 Å². The molecule has 1 heterocycles. The lowest BCUT2D eigenvalue weighted by Gasteiger charge is -2.31. The lowest BCUT2D eigenvalue weighted by molar-refractivity contribution is 0.268. The zero-order chi connectivity index (χ0) is 15.5. The molecule has 0 aromatic heterocycles. The van der Waals surface area contributed by atoms with Crippen LogP contribution in [-0.4, -0.2) is 38.9 Å². The van der Waals surface area contributed by atoms with Gasteiger partial charge in [-0.2, -0.15) is 4.31 Å². The van der Waals surface area contributed by atoms with Crippen LogP contribution in [0, 0.1) is 18.7 Å². The van der Waals surface area contributed by atoms with E-state index in [4.69, 9.17) is 0 Å². The van der Waals surface area contributed by atoms with Crippen molar-refractivity contribution in [3.63, 3.8) is 0 Å². The average molecular weight is 314 g/mol. The van der Waals surface area contributed by atoms with Crippen molar-refractivity contribution in [2.24, 2.45) is 5.92 Å². The summed E-state index contributed by atoms with van der Waals surface area (Å²) in [7, 11) is -3.51. The predicted octanol–water partition coefficient (Wildman–Crippen LogP) is 2.14. The molecular weight excluding hydrogens is 291 g/mol. The Morgan fingerprint density at radius 1 is 1.33 bits per heavy atom. The molecule has 1 aromatic rings. The maximum Gasteiger partial charge on any atom is 0.243 e. The Kier molecular flexibility index (Phi) is 5.35. The van der Waals surface area contributed by atoms with Gasteiger partial charge in [-0.05, 0) is 62.5 Å². The summed E-state index contributed by atoms with van der Waals surface area (Å²) >= 11 is 0. The molecule has 118 valence electrons. The van der Waals surface area contributed by atoms with E-state index in [1.54, 1.807) is 6.92 Å². The Hall–Kier alpha value is -0.980. The molecule has 2 rings (SSSR count). The van der Waals surface area contributed by atoms with Crippen LogP contribution < -0.4 is 5.32 Å². The van der Waals surface area contributed by atoms with Crippen LogP contribution in [0.2, 0.25) is 0 Å². The van der Waals surface area contributed by atoms with Crippen LogP contribution in [0.15, 0.2) is 23.1 Å². The molecule has 0 atom stereocenters. The van der Waals surface area contributed by atoms with Gasteiger partial charge in [-0.3, -0.25) is 0 Å². The summed E-state index contributed by atoms with van der Waals surface area (Å²) < 4.78 is 39.9. The third-order valence-corrected chi connectivity index (χ3v) is 6.07. The van der Waals surface area contributed by atoms with Gasteiger partial charge in [0.2, 0.25) is 10.0 Å². The molecule has 4 nitrogen and oxygen atoms in total. The number of aryl methyl sites for hydroxylation is 1. The highest BCUT2D eigenvalue weighted by Crippen LogP contribution is 2.25. The van der Waals surface area contributed by atoms with Crippen LogP contribution in [0.5, 0.6) is 0 Å². The van der Waals surface area contributed by atoms with Crippen molar-refractivity contribution in [2.45, 2.75) is 31.6 Å². The van der Waals surface area contributed by atoms with Crippen LogP contribution in [0.4, 0.5) is 4.39 Å². The van der Waals surface area contributed by atoms with E-state index in [-0.39, 0.29) is 4.90 Å². The molecule has 0 spiro atoms. The van der Waals surface area contributed by atoms with Gasteiger partial charge < -0.3 is 5.32 Å². The summed E-state index contributed by atoms with van der Waals surface area (Å²) in [5.74, 6) is 0.126. The Labute approximate surface area is 126 Å². The van der Waals surface area contributed by atoms with E-state index >= 15 is 0 Å². The van der Waals surface area contributed by atoms with Gasteiger partial charge in [0, 0.05) is 13.1 Å². The third kappa shape index (κ3) is 3.81.